The van der Waals surface area contributed by atoms with E-state index in [1.54, 1.807) is 6.07 Å². The van der Waals surface area contributed by atoms with Gasteiger partial charge in [0.25, 0.3) is 0 Å². The third-order valence-corrected chi connectivity index (χ3v) is 2.34. The smallest absolute Gasteiger partial charge is 0.354 e. The van der Waals surface area contributed by atoms with Crippen molar-refractivity contribution in [2.24, 2.45) is 0 Å². The number of carboxylic acid groups (broad SMARTS) is 1. The highest BCUT2D eigenvalue weighted by Gasteiger charge is 2.08. The molecule has 0 saturated carbocycles. The van der Waals surface area contributed by atoms with Crippen LogP contribution in [-0.2, 0) is 0 Å². The number of pyridine rings is 1. The number of hydrogen-bond donors (Lipinski definition) is 2. The summed E-state index contributed by atoms with van der Waals surface area (Å²) >= 11 is 0. The van der Waals surface area contributed by atoms with Crippen LogP contribution in [0.3, 0.4) is 0 Å². The minimum atomic E-state index is -1.04. The topological polar surface area (TPSA) is 76.2 Å². The lowest BCUT2D eigenvalue weighted by molar-refractivity contribution is 0.0691. The van der Waals surface area contributed by atoms with Crippen LogP contribution >= 0.6 is 0 Å². The Morgan fingerprint density at radius 2 is 2.00 bits per heavy atom. The number of carboxylic acids is 1. The van der Waals surface area contributed by atoms with Crippen LogP contribution in [0.25, 0.3) is 10.9 Å². The van der Waals surface area contributed by atoms with Gasteiger partial charge in [-0.25, -0.2) is 9.78 Å². The lowest BCUT2D eigenvalue weighted by Crippen LogP contribution is -2.01. The standard InChI is InChI=1S/C11H10N2O2/c1-6-2-3-7-4-5-8(11(14)15)13-10(7)9(6)12/h2-5H,12H2,1H3,(H,14,15). The zero-order valence-electron chi connectivity index (χ0n) is 8.19. The van der Waals surface area contributed by atoms with Gasteiger partial charge in [-0.3, -0.25) is 0 Å². The zero-order chi connectivity index (χ0) is 11.0. The number of aromatic nitrogens is 1. The number of aryl methyl sites for hydroxylation is 1. The molecule has 0 aliphatic heterocycles. The SMILES string of the molecule is Cc1ccc2ccc(C(=O)O)nc2c1N. The first-order valence-corrected chi connectivity index (χ1v) is 4.48. The Hall–Kier alpha value is -2.10. The molecule has 4 nitrogen and oxygen atoms in total. The molecule has 4 heteroatoms. The van der Waals surface area contributed by atoms with Crippen LogP contribution in [0.2, 0.25) is 0 Å². The number of aromatic carboxylic acids is 1. The van der Waals surface area contributed by atoms with Crippen molar-refractivity contribution in [1.29, 1.82) is 0 Å². The number of nitrogens with two attached hydrogens (primary N) is 1. The summed E-state index contributed by atoms with van der Waals surface area (Å²) in [6.45, 7) is 1.86. The number of rotatable bonds is 1. The fourth-order valence-electron chi connectivity index (χ4n) is 1.43. The molecule has 1 aromatic heterocycles. The summed E-state index contributed by atoms with van der Waals surface area (Å²) in [5.74, 6) is -1.04. The van der Waals surface area contributed by atoms with Crippen molar-refractivity contribution >= 4 is 22.6 Å². The molecule has 0 spiro atoms. The van der Waals surface area contributed by atoms with Crippen LogP contribution in [0.4, 0.5) is 5.69 Å². The second-order valence-corrected chi connectivity index (χ2v) is 3.37. The predicted molar refractivity (Wildman–Crippen MR) is 57.9 cm³/mol. The fraction of sp³-hybridized carbons (Fsp3) is 0.0909. The quantitative estimate of drug-likeness (QED) is 0.691. The van der Waals surface area contributed by atoms with Crippen LogP contribution in [0.1, 0.15) is 16.1 Å². The van der Waals surface area contributed by atoms with E-state index in [1.807, 2.05) is 19.1 Å². The molecule has 0 saturated heterocycles. The highest BCUT2D eigenvalue weighted by molar-refractivity contribution is 5.95. The molecule has 76 valence electrons. The second kappa shape index (κ2) is 3.24. The van der Waals surface area contributed by atoms with Crippen LogP contribution in [0.5, 0.6) is 0 Å². The molecular weight excluding hydrogens is 192 g/mol. The molecule has 0 unspecified atom stereocenters. The molecule has 2 aromatic rings. The first kappa shape index (κ1) is 9.45. The third kappa shape index (κ3) is 1.50. The fourth-order valence-corrected chi connectivity index (χ4v) is 1.43. The number of nitrogen functional groups attached to an aromatic ring is 1. The first-order valence-electron chi connectivity index (χ1n) is 4.48. The van der Waals surface area contributed by atoms with Gasteiger partial charge in [0.05, 0.1) is 11.2 Å². The summed E-state index contributed by atoms with van der Waals surface area (Å²) < 4.78 is 0. The van der Waals surface area contributed by atoms with E-state index in [1.165, 1.54) is 6.07 Å². The van der Waals surface area contributed by atoms with Crippen LogP contribution < -0.4 is 5.73 Å². The van der Waals surface area contributed by atoms with Gasteiger partial charge < -0.3 is 10.8 Å². The maximum absolute atomic E-state index is 10.7. The van der Waals surface area contributed by atoms with Crippen molar-refractivity contribution < 1.29 is 9.90 Å². The lowest BCUT2D eigenvalue weighted by atomic mass is 10.1. The molecule has 1 aromatic carbocycles. The highest BCUT2D eigenvalue weighted by atomic mass is 16.4. The molecule has 15 heavy (non-hydrogen) atoms. The van der Waals surface area contributed by atoms with Crippen LogP contribution in [-0.4, -0.2) is 16.1 Å². The molecule has 0 aliphatic carbocycles. The maximum Gasteiger partial charge on any atom is 0.354 e. The summed E-state index contributed by atoms with van der Waals surface area (Å²) in [6.07, 6.45) is 0. The van der Waals surface area contributed by atoms with Gasteiger partial charge in [0, 0.05) is 5.39 Å². The molecule has 0 radical (unpaired) electrons. The van der Waals surface area contributed by atoms with Crippen molar-refractivity contribution in [3.8, 4) is 0 Å². The summed E-state index contributed by atoms with van der Waals surface area (Å²) in [7, 11) is 0. The molecular formula is C11H10N2O2. The highest BCUT2D eigenvalue weighted by Crippen LogP contribution is 2.22. The Labute approximate surface area is 86.4 Å². The summed E-state index contributed by atoms with van der Waals surface area (Å²) in [6, 6.07) is 6.94. The van der Waals surface area contributed by atoms with Crippen LogP contribution in [0, 0.1) is 6.92 Å². The molecule has 0 atom stereocenters. The Morgan fingerprint density at radius 1 is 1.33 bits per heavy atom. The van der Waals surface area contributed by atoms with Gasteiger partial charge in [0.2, 0.25) is 0 Å². The molecule has 0 amide bonds. The van der Waals surface area contributed by atoms with Crippen LogP contribution in [0.15, 0.2) is 24.3 Å². The van der Waals surface area contributed by atoms with E-state index in [-0.39, 0.29) is 5.69 Å². The number of hydrogen-bond acceptors (Lipinski definition) is 3. The van der Waals surface area contributed by atoms with Crippen molar-refractivity contribution in [2.75, 3.05) is 5.73 Å². The average Bonchev–Trinajstić information content (AvgIpc) is 2.23. The Kier molecular flexibility index (Phi) is 2.04. The van der Waals surface area contributed by atoms with Gasteiger partial charge in [0.15, 0.2) is 0 Å². The van der Waals surface area contributed by atoms with Gasteiger partial charge in [-0.1, -0.05) is 18.2 Å². The minimum absolute atomic E-state index is 0.0137. The van der Waals surface area contributed by atoms with Gasteiger partial charge >= 0.3 is 5.97 Å². The maximum atomic E-state index is 10.7. The van der Waals surface area contributed by atoms with Gasteiger partial charge in [-0.05, 0) is 18.6 Å². The number of carbonyl (C=O) groups is 1. The monoisotopic (exact) mass is 202 g/mol. The third-order valence-electron chi connectivity index (χ3n) is 2.34. The van der Waals surface area contributed by atoms with Crippen molar-refractivity contribution in [3.63, 3.8) is 0 Å². The number of fused-ring (bicyclic) bond motifs is 1. The van der Waals surface area contributed by atoms with E-state index in [9.17, 15) is 4.79 Å². The Bertz CT molecular complexity index is 550. The normalized spacial score (nSPS) is 10.5. The Balaban J connectivity index is 2.79. The molecule has 0 fully saturated rings. The predicted octanol–water partition coefficient (Wildman–Crippen LogP) is 1.82. The van der Waals surface area contributed by atoms with E-state index < -0.39 is 5.97 Å². The summed E-state index contributed by atoms with van der Waals surface area (Å²) in [5, 5.41) is 9.65. The Morgan fingerprint density at radius 3 is 2.67 bits per heavy atom. The molecule has 0 aliphatic rings. The zero-order valence-corrected chi connectivity index (χ0v) is 8.19. The van der Waals surface area contributed by atoms with E-state index in [2.05, 4.69) is 4.98 Å². The van der Waals surface area contributed by atoms with Gasteiger partial charge in [0.1, 0.15) is 5.69 Å². The van der Waals surface area contributed by atoms with E-state index in [4.69, 9.17) is 10.8 Å². The first-order chi connectivity index (χ1) is 7.09. The van der Waals surface area contributed by atoms with Crippen molar-refractivity contribution in [2.45, 2.75) is 6.92 Å². The average molecular weight is 202 g/mol. The van der Waals surface area contributed by atoms with E-state index in [0.29, 0.717) is 11.2 Å². The molecule has 1 heterocycles. The largest absolute Gasteiger partial charge is 0.477 e. The molecule has 3 N–H and O–H groups in total. The number of benzene rings is 1. The van der Waals surface area contributed by atoms with Crippen molar-refractivity contribution in [3.05, 3.63) is 35.5 Å². The number of anilines is 1. The lowest BCUT2D eigenvalue weighted by Gasteiger charge is -2.05. The van der Waals surface area contributed by atoms with Gasteiger partial charge in [-0.2, -0.15) is 0 Å². The van der Waals surface area contributed by atoms with Crippen molar-refractivity contribution in [1.82, 2.24) is 4.98 Å². The van der Waals surface area contributed by atoms with Gasteiger partial charge in [-0.15, -0.1) is 0 Å². The van der Waals surface area contributed by atoms with E-state index in [0.717, 1.165) is 10.9 Å². The minimum Gasteiger partial charge on any atom is -0.477 e. The summed E-state index contributed by atoms with van der Waals surface area (Å²) in [5.41, 5.74) is 7.83. The summed E-state index contributed by atoms with van der Waals surface area (Å²) in [4.78, 5) is 14.7. The molecule has 0 bridgehead atoms. The second-order valence-electron chi connectivity index (χ2n) is 3.37. The molecule has 2 rings (SSSR count). The number of nitrogens with zero attached hydrogens (tertiary/aromatic N) is 1. The van der Waals surface area contributed by atoms with E-state index >= 15 is 0 Å².